The number of hydrogen-bond acceptors (Lipinski definition) is 7. The van der Waals surface area contributed by atoms with Crippen molar-refractivity contribution in [2.75, 3.05) is 24.6 Å². The van der Waals surface area contributed by atoms with E-state index < -0.39 is 23.8 Å². The zero-order valence-corrected chi connectivity index (χ0v) is 29.5. The molecule has 2 aliphatic carbocycles. The molecule has 7 nitrogen and oxygen atoms in total. The molecule has 3 aromatic rings. The van der Waals surface area contributed by atoms with Crippen molar-refractivity contribution in [1.82, 2.24) is 15.0 Å². The number of nitrogens with zero attached hydrogens (tertiary/aromatic N) is 4. The summed E-state index contributed by atoms with van der Waals surface area (Å²) in [5, 5.41) is 21.6. The van der Waals surface area contributed by atoms with Crippen molar-refractivity contribution in [2.24, 2.45) is 5.41 Å². The summed E-state index contributed by atoms with van der Waals surface area (Å²) in [5.74, 6) is -1.94. The van der Waals surface area contributed by atoms with Crippen LogP contribution in [0.4, 0.5) is 19.1 Å². The summed E-state index contributed by atoms with van der Waals surface area (Å²) < 4.78 is 51.9. The molecule has 2 aromatic heterocycles. The third-order valence-corrected chi connectivity index (χ3v) is 10.7. The van der Waals surface area contributed by atoms with Crippen LogP contribution in [0.1, 0.15) is 150 Å². The van der Waals surface area contributed by atoms with Crippen LogP contribution in [0.5, 0.6) is 5.75 Å². The van der Waals surface area contributed by atoms with Gasteiger partial charge in [-0.1, -0.05) is 51.1 Å². The van der Waals surface area contributed by atoms with Gasteiger partial charge in [-0.05, 0) is 81.8 Å². The highest BCUT2D eigenvalue weighted by Gasteiger charge is 2.43. The molecule has 2 atom stereocenters. The molecule has 1 saturated carbocycles. The van der Waals surface area contributed by atoms with E-state index in [9.17, 15) is 19.0 Å². The van der Waals surface area contributed by atoms with Gasteiger partial charge in [0.05, 0.1) is 36.4 Å². The molecule has 2 fully saturated rings. The Morgan fingerprint density at radius 1 is 0.980 bits per heavy atom. The molecule has 0 amide bonds. The molecule has 50 heavy (non-hydrogen) atoms. The normalized spacial score (nSPS) is 21.6. The predicted molar refractivity (Wildman–Crippen MR) is 191 cm³/mol. The Kier molecular flexibility index (Phi) is 11.2. The van der Waals surface area contributed by atoms with Gasteiger partial charge in [-0.15, -0.1) is 0 Å². The van der Waals surface area contributed by atoms with Crippen molar-refractivity contribution in [3.8, 4) is 5.75 Å². The summed E-state index contributed by atoms with van der Waals surface area (Å²) in [6, 6.07) is 7.40. The zero-order chi connectivity index (χ0) is 35.1. The van der Waals surface area contributed by atoms with Crippen LogP contribution < -0.4 is 9.64 Å². The summed E-state index contributed by atoms with van der Waals surface area (Å²) in [6.07, 6.45) is 4.00. The number of ether oxygens (including phenoxy) is 1. The van der Waals surface area contributed by atoms with Gasteiger partial charge in [0.1, 0.15) is 0 Å². The summed E-state index contributed by atoms with van der Waals surface area (Å²) >= 11 is 0. The van der Waals surface area contributed by atoms with Crippen LogP contribution in [0.15, 0.2) is 36.7 Å². The fourth-order valence-corrected chi connectivity index (χ4v) is 7.93. The van der Waals surface area contributed by atoms with Crippen molar-refractivity contribution in [2.45, 2.75) is 135 Å². The van der Waals surface area contributed by atoms with Crippen molar-refractivity contribution in [3.05, 3.63) is 75.9 Å². The lowest BCUT2D eigenvalue weighted by Crippen LogP contribution is -2.36. The second-order valence-electron chi connectivity index (χ2n) is 16.0. The van der Waals surface area contributed by atoms with Crippen LogP contribution in [0.25, 0.3) is 0 Å². The maximum Gasteiger partial charge on any atom is 0.248 e. The number of halogens is 3. The van der Waals surface area contributed by atoms with Gasteiger partial charge in [-0.25, -0.2) is 23.1 Å². The zero-order valence-electron chi connectivity index (χ0n) is 29.5. The molecule has 1 aliphatic heterocycles. The van der Waals surface area contributed by atoms with Gasteiger partial charge >= 0.3 is 0 Å². The lowest BCUT2D eigenvalue weighted by molar-refractivity contribution is -0.0385. The average Bonchev–Trinajstić information content (AvgIpc) is 3.03. The molecule has 0 spiro atoms. The lowest BCUT2D eigenvalue weighted by atomic mass is 9.68. The first-order valence-electron chi connectivity index (χ1n) is 17.8. The van der Waals surface area contributed by atoms with E-state index in [1.165, 1.54) is 0 Å². The van der Waals surface area contributed by atoms with Gasteiger partial charge in [0.2, 0.25) is 11.9 Å². The van der Waals surface area contributed by atoms with Crippen LogP contribution >= 0.6 is 0 Å². The summed E-state index contributed by atoms with van der Waals surface area (Å²) in [4.78, 5) is 16.4. The molecule has 0 unspecified atom stereocenters. The molecule has 0 radical (unpaired) electrons. The molecule has 1 saturated heterocycles. The first-order valence-corrected chi connectivity index (χ1v) is 17.8. The van der Waals surface area contributed by atoms with E-state index >= 15 is 4.39 Å². The fraction of sp³-hybridized carbons (Fsp3) is 0.625. The van der Waals surface area contributed by atoms with Crippen LogP contribution in [-0.4, -0.2) is 56.4 Å². The minimum Gasteiger partial charge on any atom is -0.490 e. The number of aryl methyl sites for hydroxylation is 1. The van der Waals surface area contributed by atoms with E-state index in [4.69, 9.17) is 9.72 Å². The maximum absolute atomic E-state index is 17.2. The highest BCUT2D eigenvalue weighted by Crippen LogP contribution is 2.52. The Bertz CT molecular complexity index is 1590. The lowest BCUT2D eigenvalue weighted by Gasteiger charge is -2.41. The SMILES string of the molecule is C.Cc1ccc([C@H](F)c2c(C3CCN(c4ncc(OCCC(C)(C)O)cn4)CC3)nc3c(c2C2CCC(F)(F)CC2)[C@@H](O)CC(C)(C)C3)cc1. The summed E-state index contributed by atoms with van der Waals surface area (Å²) in [5.41, 5.74) is 3.91. The Morgan fingerprint density at radius 3 is 2.20 bits per heavy atom. The monoisotopic (exact) mass is 696 g/mol. The fourth-order valence-electron chi connectivity index (χ4n) is 7.93. The molecule has 274 valence electrons. The number of fused-ring (bicyclic) bond motifs is 1. The van der Waals surface area contributed by atoms with E-state index in [-0.39, 0.29) is 50.4 Å². The molecule has 10 heteroatoms. The quantitative estimate of drug-likeness (QED) is 0.231. The number of aromatic nitrogens is 3. The third-order valence-electron chi connectivity index (χ3n) is 10.7. The molecular formula is C40H55F3N4O3. The van der Waals surface area contributed by atoms with Crippen LogP contribution in [0, 0.1) is 12.3 Å². The minimum absolute atomic E-state index is 0. The number of piperidine rings is 1. The largest absolute Gasteiger partial charge is 0.490 e. The highest BCUT2D eigenvalue weighted by molar-refractivity contribution is 5.51. The van der Waals surface area contributed by atoms with Crippen molar-refractivity contribution in [1.29, 1.82) is 0 Å². The van der Waals surface area contributed by atoms with Crippen LogP contribution in [0.2, 0.25) is 0 Å². The second-order valence-corrected chi connectivity index (χ2v) is 16.0. The molecular weight excluding hydrogens is 641 g/mol. The standard InChI is InChI=1S/C39H51F3N4O3.CH4/c1-24-6-8-26(9-7-24)34(40)33-31(25-10-14-39(41,42)15-11-25)32-29(20-37(2,3)21-30(32)47)45-35(33)27-12-17-46(18-13-27)36-43-22-28(23-44-36)49-19-16-38(4,5)48;/h6-9,22-23,25,27,30,34,47-48H,10-21H2,1-5H3;1H4/t30-,34-;/m0./s1. The summed E-state index contributed by atoms with van der Waals surface area (Å²) in [6.45, 7) is 11.3. The van der Waals surface area contributed by atoms with Gasteiger partial charge in [0.25, 0.3) is 0 Å². The van der Waals surface area contributed by atoms with E-state index in [1.54, 1.807) is 38.4 Å². The Morgan fingerprint density at radius 2 is 1.60 bits per heavy atom. The van der Waals surface area contributed by atoms with Crippen molar-refractivity contribution in [3.63, 3.8) is 0 Å². The Hall–Kier alpha value is -3.24. The van der Waals surface area contributed by atoms with E-state index in [2.05, 4.69) is 28.7 Å². The Balaban J connectivity index is 0.00000486. The molecule has 3 heterocycles. The van der Waals surface area contributed by atoms with Gasteiger partial charge in [0, 0.05) is 55.1 Å². The van der Waals surface area contributed by atoms with Gasteiger partial charge in [0.15, 0.2) is 11.9 Å². The topological polar surface area (TPSA) is 91.6 Å². The number of aliphatic hydroxyl groups excluding tert-OH is 1. The van der Waals surface area contributed by atoms with Crippen LogP contribution in [-0.2, 0) is 6.42 Å². The van der Waals surface area contributed by atoms with Gasteiger partial charge in [-0.2, -0.15) is 0 Å². The number of rotatable bonds is 9. The number of hydrogen-bond donors (Lipinski definition) is 2. The van der Waals surface area contributed by atoms with E-state index in [1.807, 2.05) is 19.1 Å². The maximum atomic E-state index is 17.2. The smallest absolute Gasteiger partial charge is 0.248 e. The first kappa shape index (κ1) is 38.0. The molecule has 2 N–H and O–H groups in total. The highest BCUT2D eigenvalue weighted by atomic mass is 19.3. The van der Waals surface area contributed by atoms with Crippen molar-refractivity contribution < 1.29 is 28.1 Å². The third kappa shape index (κ3) is 8.61. The number of pyridine rings is 1. The van der Waals surface area contributed by atoms with Gasteiger partial charge in [-0.3, -0.25) is 4.98 Å². The summed E-state index contributed by atoms with van der Waals surface area (Å²) in [7, 11) is 0. The number of benzene rings is 1. The van der Waals surface area contributed by atoms with Crippen molar-refractivity contribution >= 4 is 5.95 Å². The Labute approximate surface area is 295 Å². The van der Waals surface area contributed by atoms with E-state index in [0.717, 1.165) is 16.8 Å². The molecule has 3 aliphatic rings. The molecule has 6 rings (SSSR count). The second kappa shape index (κ2) is 14.8. The van der Waals surface area contributed by atoms with E-state index in [0.29, 0.717) is 85.9 Å². The van der Waals surface area contributed by atoms with Crippen LogP contribution in [0.3, 0.4) is 0 Å². The number of alkyl halides is 3. The first-order chi connectivity index (χ1) is 23.1. The van der Waals surface area contributed by atoms with Gasteiger partial charge < -0.3 is 19.8 Å². The minimum atomic E-state index is -2.73. The number of aliphatic hydroxyl groups is 2. The predicted octanol–water partition coefficient (Wildman–Crippen LogP) is 9.10. The average molecular weight is 697 g/mol. The number of anilines is 1. The molecule has 0 bridgehead atoms. The molecule has 1 aromatic carbocycles.